The lowest BCUT2D eigenvalue weighted by Gasteiger charge is -2.40. The Bertz CT molecular complexity index is 543. The molecule has 2 amide bonds. The van der Waals surface area contributed by atoms with Crippen LogP contribution < -0.4 is 5.32 Å². The summed E-state index contributed by atoms with van der Waals surface area (Å²) in [6.07, 6.45) is 6.00. The minimum absolute atomic E-state index is 0.00284. The van der Waals surface area contributed by atoms with Crippen LogP contribution in [0, 0.1) is 5.41 Å². The number of carbonyl (C=O) groups excluding carboxylic acids is 1. The number of urea groups is 1. The Labute approximate surface area is 137 Å². The molecule has 1 aromatic heterocycles. The van der Waals surface area contributed by atoms with E-state index in [0.29, 0.717) is 19.6 Å². The lowest BCUT2D eigenvalue weighted by Crippen LogP contribution is -2.48. The maximum absolute atomic E-state index is 12.3. The summed E-state index contributed by atoms with van der Waals surface area (Å²) in [6.45, 7) is 5.12. The normalized spacial score (nSPS) is 20.2. The summed E-state index contributed by atoms with van der Waals surface area (Å²) in [4.78, 5) is 14.2. The van der Waals surface area contributed by atoms with Crippen molar-refractivity contribution in [2.24, 2.45) is 5.41 Å². The van der Waals surface area contributed by atoms with Crippen molar-refractivity contribution in [2.45, 2.75) is 58.5 Å². The number of aryl methyl sites for hydroxylation is 1. The van der Waals surface area contributed by atoms with Crippen molar-refractivity contribution in [3.63, 3.8) is 0 Å². The second-order valence-corrected chi connectivity index (χ2v) is 6.80. The molecule has 7 heteroatoms. The molecule has 1 saturated heterocycles. The van der Waals surface area contributed by atoms with E-state index < -0.39 is 0 Å². The fraction of sp³-hybridized carbons (Fsp3) is 0.812. The van der Waals surface area contributed by atoms with Crippen LogP contribution in [0.2, 0.25) is 0 Å². The fourth-order valence-electron chi connectivity index (χ4n) is 3.57. The first-order chi connectivity index (χ1) is 11.2. The molecule has 23 heavy (non-hydrogen) atoms. The Kier molecular flexibility index (Phi) is 4.84. The van der Waals surface area contributed by atoms with E-state index in [0.717, 1.165) is 50.3 Å². The highest BCUT2D eigenvalue weighted by Crippen LogP contribution is 2.34. The van der Waals surface area contributed by atoms with Crippen LogP contribution in [-0.4, -0.2) is 50.5 Å². The summed E-state index contributed by atoms with van der Waals surface area (Å²) in [7, 11) is 0. The summed E-state index contributed by atoms with van der Waals surface area (Å²) >= 11 is 0. The van der Waals surface area contributed by atoms with E-state index in [1.54, 1.807) is 0 Å². The van der Waals surface area contributed by atoms with Crippen molar-refractivity contribution in [3.05, 3.63) is 11.6 Å². The highest BCUT2D eigenvalue weighted by molar-refractivity contribution is 5.74. The first-order valence-electron chi connectivity index (χ1n) is 8.72. The van der Waals surface area contributed by atoms with Crippen LogP contribution in [0.4, 0.5) is 4.79 Å². The van der Waals surface area contributed by atoms with E-state index in [-0.39, 0.29) is 18.1 Å². The number of aliphatic hydroxyl groups is 1. The van der Waals surface area contributed by atoms with Crippen molar-refractivity contribution in [3.8, 4) is 0 Å². The summed E-state index contributed by atoms with van der Waals surface area (Å²) in [5.74, 6) is 1.89. The zero-order valence-corrected chi connectivity index (χ0v) is 13.9. The molecule has 3 rings (SSSR count). The molecule has 0 bridgehead atoms. The molecule has 0 spiro atoms. The summed E-state index contributed by atoms with van der Waals surface area (Å²) in [5, 5.41) is 21.0. The van der Waals surface area contributed by atoms with Crippen molar-refractivity contribution in [2.75, 3.05) is 19.7 Å². The van der Waals surface area contributed by atoms with Crippen LogP contribution >= 0.6 is 0 Å². The Hall–Kier alpha value is -1.63. The predicted octanol–water partition coefficient (Wildman–Crippen LogP) is 1.31. The van der Waals surface area contributed by atoms with Gasteiger partial charge in [0.25, 0.3) is 0 Å². The second kappa shape index (κ2) is 6.86. The summed E-state index contributed by atoms with van der Waals surface area (Å²) < 4.78 is 2.13. The Morgan fingerprint density at radius 3 is 2.74 bits per heavy atom. The first-order valence-corrected chi connectivity index (χ1v) is 8.72. The van der Waals surface area contributed by atoms with Gasteiger partial charge < -0.3 is 19.9 Å². The molecule has 1 aromatic rings. The highest BCUT2D eigenvalue weighted by atomic mass is 16.3. The molecule has 0 saturated carbocycles. The van der Waals surface area contributed by atoms with Crippen LogP contribution in [0.25, 0.3) is 0 Å². The van der Waals surface area contributed by atoms with Crippen LogP contribution in [0.15, 0.2) is 0 Å². The van der Waals surface area contributed by atoms with Gasteiger partial charge in [-0.3, -0.25) is 0 Å². The monoisotopic (exact) mass is 321 g/mol. The molecule has 3 heterocycles. The van der Waals surface area contributed by atoms with E-state index in [2.05, 4.69) is 27.0 Å². The van der Waals surface area contributed by atoms with Crippen LogP contribution in [0.1, 0.15) is 50.7 Å². The van der Waals surface area contributed by atoms with Gasteiger partial charge in [0.05, 0.1) is 6.54 Å². The van der Waals surface area contributed by atoms with E-state index in [1.165, 1.54) is 6.42 Å². The number of aliphatic hydroxyl groups excluding tert-OH is 1. The fourth-order valence-corrected chi connectivity index (χ4v) is 3.57. The molecule has 0 aliphatic carbocycles. The molecule has 2 aliphatic rings. The smallest absolute Gasteiger partial charge is 0.317 e. The van der Waals surface area contributed by atoms with Gasteiger partial charge in [-0.15, -0.1) is 10.2 Å². The molecule has 2 N–H and O–H groups in total. The molecule has 2 aliphatic heterocycles. The first kappa shape index (κ1) is 16.2. The zero-order valence-electron chi connectivity index (χ0n) is 13.9. The minimum Gasteiger partial charge on any atom is -0.396 e. The third kappa shape index (κ3) is 3.34. The van der Waals surface area contributed by atoms with Crippen LogP contribution in [0.5, 0.6) is 0 Å². The van der Waals surface area contributed by atoms with E-state index in [9.17, 15) is 9.90 Å². The van der Waals surface area contributed by atoms with E-state index in [1.807, 2.05) is 4.90 Å². The number of carbonyl (C=O) groups is 1. The van der Waals surface area contributed by atoms with Gasteiger partial charge in [-0.1, -0.05) is 6.92 Å². The Balaban J connectivity index is 1.52. The number of aromatic nitrogens is 3. The quantitative estimate of drug-likeness (QED) is 0.876. The van der Waals surface area contributed by atoms with Crippen molar-refractivity contribution in [1.82, 2.24) is 25.0 Å². The lowest BCUT2D eigenvalue weighted by molar-refractivity contribution is 0.0519. The summed E-state index contributed by atoms with van der Waals surface area (Å²) in [6, 6.07) is -0.0409. The van der Waals surface area contributed by atoms with Gasteiger partial charge in [0.15, 0.2) is 5.82 Å². The number of rotatable bonds is 4. The Morgan fingerprint density at radius 1 is 1.26 bits per heavy atom. The third-order valence-electron chi connectivity index (χ3n) is 5.53. The maximum atomic E-state index is 12.3. The van der Waals surface area contributed by atoms with Crippen molar-refractivity contribution >= 4 is 6.03 Å². The molecule has 0 radical (unpaired) electrons. The minimum atomic E-state index is -0.0409. The molecule has 0 unspecified atom stereocenters. The molecule has 0 aromatic carbocycles. The van der Waals surface area contributed by atoms with Gasteiger partial charge in [-0.25, -0.2) is 4.79 Å². The average molecular weight is 321 g/mol. The molecular weight excluding hydrogens is 294 g/mol. The molecular formula is C16H27N5O2. The third-order valence-corrected chi connectivity index (χ3v) is 5.53. The highest BCUT2D eigenvalue weighted by Gasteiger charge is 2.33. The predicted molar refractivity (Wildman–Crippen MR) is 85.8 cm³/mol. The SMILES string of the molecule is CCC1(CO)CCN(C(=O)NCc2nnc3n2CCCC3)CC1. The van der Waals surface area contributed by atoms with Gasteiger partial charge in [-0.2, -0.15) is 0 Å². The number of hydrogen-bond donors (Lipinski definition) is 2. The van der Waals surface area contributed by atoms with Gasteiger partial charge in [0.1, 0.15) is 5.82 Å². The number of hydrogen-bond acceptors (Lipinski definition) is 4. The van der Waals surface area contributed by atoms with E-state index in [4.69, 9.17) is 0 Å². The average Bonchev–Trinajstić information content (AvgIpc) is 3.03. The zero-order chi connectivity index (χ0) is 16.3. The second-order valence-electron chi connectivity index (χ2n) is 6.80. The standard InChI is InChI=1S/C16H27N5O2/c1-2-16(12-22)6-9-20(10-7-16)15(23)17-11-14-19-18-13-5-3-4-8-21(13)14/h22H,2-12H2,1H3,(H,17,23). The van der Waals surface area contributed by atoms with Gasteiger partial charge >= 0.3 is 6.03 Å². The van der Waals surface area contributed by atoms with E-state index >= 15 is 0 Å². The number of piperidine rings is 1. The topological polar surface area (TPSA) is 83.3 Å². The van der Waals surface area contributed by atoms with Crippen LogP contribution in [-0.2, 0) is 19.5 Å². The number of amides is 2. The van der Waals surface area contributed by atoms with Gasteiger partial charge in [0.2, 0.25) is 0 Å². The summed E-state index contributed by atoms with van der Waals surface area (Å²) in [5.41, 5.74) is 0.00284. The largest absolute Gasteiger partial charge is 0.396 e. The van der Waals surface area contributed by atoms with Gasteiger partial charge in [0, 0.05) is 32.7 Å². The number of likely N-dealkylation sites (tertiary alicyclic amines) is 1. The molecule has 7 nitrogen and oxygen atoms in total. The number of nitrogens with one attached hydrogen (secondary N) is 1. The Morgan fingerprint density at radius 2 is 2.04 bits per heavy atom. The molecule has 0 atom stereocenters. The van der Waals surface area contributed by atoms with Gasteiger partial charge in [-0.05, 0) is 37.5 Å². The molecule has 128 valence electrons. The van der Waals surface area contributed by atoms with Crippen molar-refractivity contribution < 1.29 is 9.90 Å². The molecule has 1 fully saturated rings. The number of fused-ring (bicyclic) bond motifs is 1. The lowest BCUT2D eigenvalue weighted by atomic mass is 9.77. The maximum Gasteiger partial charge on any atom is 0.317 e. The van der Waals surface area contributed by atoms with Crippen LogP contribution in [0.3, 0.4) is 0 Å². The van der Waals surface area contributed by atoms with Crippen molar-refractivity contribution in [1.29, 1.82) is 0 Å². The number of nitrogens with zero attached hydrogens (tertiary/aromatic N) is 4.